The van der Waals surface area contributed by atoms with Crippen molar-refractivity contribution in [2.45, 2.75) is 45.3 Å². The standard InChI is InChI=1S/C14H19BN2O2/c1-6-7-11-10(16)8-9-12(17-11)15-18-13(2,3)14(4,5)19-15/h1,8-9H,7,16H2,2-5H3. The molecule has 0 aliphatic carbocycles. The molecular formula is C14H19BN2O2. The molecular weight excluding hydrogens is 239 g/mol. The molecule has 1 saturated heterocycles. The van der Waals surface area contributed by atoms with Crippen LogP contribution < -0.4 is 11.3 Å². The normalized spacial score (nSPS) is 20.3. The monoisotopic (exact) mass is 258 g/mol. The lowest BCUT2D eigenvalue weighted by atomic mass is 9.84. The minimum Gasteiger partial charge on any atom is -0.398 e. The number of aromatic nitrogens is 1. The first-order valence-electron chi connectivity index (χ1n) is 6.31. The van der Waals surface area contributed by atoms with Crippen molar-refractivity contribution < 1.29 is 9.31 Å². The lowest BCUT2D eigenvalue weighted by Crippen LogP contribution is -2.41. The first-order chi connectivity index (χ1) is 8.77. The highest BCUT2D eigenvalue weighted by atomic mass is 16.7. The van der Waals surface area contributed by atoms with E-state index < -0.39 is 7.12 Å². The van der Waals surface area contributed by atoms with Crippen LogP contribution in [0.3, 0.4) is 0 Å². The molecule has 0 amide bonds. The van der Waals surface area contributed by atoms with Crippen molar-refractivity contribution in [2.24, 2.45) is 0 Å². The molecule has 0 spiro atoms. The van der Waals surface area contributed by atoms with Crippen molar-refractivity contribution in [3.05, 3.63) is 17.8 Å². The topological polar surface area (TPSA) is 57.4 Å². The Hall–Kier alpha value is -1.51. The SMILES string of the molecule is C#CCc1nc(B2OC(C)(C)C(C)(C)O2)ccc1N. The zero-order valence-electron chi connectivity index (χ0n) is 11.9. The molecule has 1 aromatic heterocycles. The number of pyridine rings is 1. The van der Waals surface area contributed by atoms with Gasteiger partial charge in [-0.2, -0.15) is 0 Å². The van der Waals surface area contributed by atoms with Gasteiger partial charge in [0.05, 0.1) is 34.6 Å². The largest absolute Gasteiger partial charge is 0.514 e. The molecule has 0 radical (unpaired) electrons. The zero-order valence-corrected chi connectivity index (χ0v) is 11.9. The Kier molecular flexibility index (Phi) is 3.33. The average Bonchev–Trinajstić information content (AvgIpc) is 2.51. The van der Waals surface area contributed by atoms with Crippen LogP contribution in [0.15, 0.2) is 12.1 Å². The van der Waals surface area contributed by atoms with Gasteiger partial charge in [-0.1, -0.05) is 0 Å². The second-order valence-electron chi connectivity index (χ2n) is 5.74. The van der Waals surface area contributed by atoms with Crippen LogP contribution in [0.25, 0.3) is 0 Å². The lowest BCUT2D eigenvalue weighted by molar-refractivity contribution is 0.00578. The van der Waals surface area contributed by atoms with Gasteiger partial charge in [0, 0.05) is 0 Å². The van der Waals surface area contributed by atoms with E-state index in [1.807, 2.05) is 33.8 Å². The van der Waals surface area contributed by atoms with Crippen LogP contribution in [-0.2, 0) is 15.7 Å². The first-order valence-corrected chi connectivity index (χ1v) is 6.31. The maximum atomic E-state index is 5.95. The van der Waals surface area contributed by atoms with Gasteiger partial charge in [0.15, 0.2) is 0 Å². The van der Waals surface area contributed by atoms with Crippen LogP contribution in [0.4, 0.5) is 5.69 Å². The molecule has 1 aromatic rings. The Morgan fingerprint density at radius 2 is 1.84 bits per heavy atom. The molecule has 1 aliphatic heterocycles. The highest BCUT2D eigenvalue weighted by Gasteiger charge is 2.52. The maximum absolute atomic E-state index is 5.95. The predicted molar refractivity (Wildman–Crippen MR) is 76.9 cm³/mol. The first kappa shape index (κ1) is 13.9. The van der Waals surface area contributed by atoms with E-state index >= 15 is 0 Å². The minimum absolute atomic E-state index is 0.382. The summed E-state index contributed by atoms with van der Waals surface area (Å²) in [6.45, 7) is 8.03. The van der Waals surface area contributed by atoms with Crippen molar-refractivity contribution in [1.82, 2.24) is 4.98 Å². The molecule has 1 aliphatic rings. The molecule has 2 heterocycles. The molecule has 2 N–H and O–H groups in total. The second kappa shape index (κ2) is 4.55. The number of nitrogens with two attached hydrogens (primary N) is 1. The molecule has 2 rings (SSSR count). The van der Waals surface area contributed by atoms with Gasteiger partial charge in [0.25, 0.3) is 0 Å². The number of nitrogens with zero attached hydrogens (tertiary/aromatic N) is 1. The predicted octanol–water partition coefficient (Wildman–Crippen LogP) is 1.14. The van der Waals surface area contributed by atoms with E-state index in [4.69, 9.17) is 21.5 Å². The third-order valence-corrected chi connectivity index (χ3v) is 3.80. The van der Waals surface area contributed by atoms with Gasteiger partial charge in [-0.15, -0.1) is 12.3 Å². The van der Waals surface area contributed by atoms with Crippen molar-refractivity contribution >= 4 is 18.4 Å². The smallest absolute Gasteiger partial charge is 0.398 e. The summed E-state index contributed by atoms with van der Waals surface area (Å²) in [6.07, 6.45) is 5.71. The molecule has 0 bridgehead atoms. The number of rotatable bonds is 2. The quantitative estimate of drug-likeness (QED) is 0.638. The zero-order chi connectivity index (χ0) is 14.3. The van der Waals surface area contributed by atoms with E-state index in [0.717, 1.165) is 0 Å². The van der Waals surface area contributed by atoms with E-state index in [-0.39, 0.29) is 11.2 Å². The van der Waals surface area contributed by atoms with Crippen LogP contribution >= 0.6 is 0 Å². The van der Waals surface area contributed by atoms with Gasteiger partial charge in [-0.25, -0.2) is 0 Å². The molecule has 0 aromatic carbocycles. The van der Waals surface area contributed by atoms with Crippen LogP contribution in [0.2, 0.25) is 0 Å². The molecule has 100 valence electrons. The van der Waals surface area contributed by atoms with E-state index in [0.29, 0.717) is 23.4 Å². The van der Waals surface area contributed by atoms with Crippen LogP contribution in [0.1, 0.15) is 33.4 Å². The summed E-state index contributed by atoms with van der Waals surface area (Å²) >= 11 is 0. The summed E-state index contributed by atoms with van der Waals surface area (Å²) in [6, 6.07) is 3.61. The van der Waals surface area contributed by atoms with E-state index in [9.17, 15) is 0 Å². The Morgan fingerprint density at radius 3 is 2.37 bits per heavy atom. The minimum atomic E-state index is -0.484. The molecule has 0 unspecified atom stereocenters. The van der Waals surface area contributed by atoms with Crippen LogP contribution in [0, 0.1) is 12.3 Å². The van der Waals surface area contributed by atoms with Crippen molar-refractivity contribution in [1.29, 1.82) is 0 Å². The fourth-order valence-corrected chi connectivity index (χ4v) is 1.86. The number of anilines is 1. The fourth-order valence-electron chi connectivity index (χ4n) is 1.86. The fraction of sp³-hybridized carbons (Fsp3) is 0.500. The molecule has 19 heavy (non-hydrogen) atoms. The number of nitrogen functional groups attached to an aromatic ring is 1. The summed E-state index contributed by atoms with van der Waals surface area (Å²) in [4.78, 5) is 4.46. The van der Waals surface area contributed by atoms with Gasteiger partial charge in [-0.05, 0) is 39.8 Å². The van der Waals surface area contributed by atoms with E-state index in [1.54, 1.807) is 6.07 Å². The van der Waals surface area contributed by atoms with Gasteiger partial charge in [-0.3, -0.25) is 4.98 Å². The van der Waals surface area contributed by atoms with Gasteiger partial charge < -0.3 is 15.0 Å². The van der Waals surface area contributed by atoms with E-state index in [2.05, 4.69) is 10.9 Å². The van der Waals surface area contributed by atoms with Crippen LogP contribution in [0.5, 0.6) is 0 Å². The molecule has 1 fully saturated rings. The Balaban J connectivity index is 2.30. The van der Waals surface area contributed by atoms with Crippen molar-refractivity contribution in [3.63, 3.8) is 0 Å². The van der Waals surface area contributed by atoms with Gasteiger partial charge in [0.1, 0.15) is 0 Å². The molecule has 0 saturated carbocycles. The molecule has 0 atom stereocenters. The summed E-state index contributed by atoms with van der Waals surface area (Å²) < 4.78 is 11.9. The van der Waals surface area contributed by atoms with E-state index in [1.165, 1.54) is 0 Å². The van der Waals surface area contributed by atoms with Gasteiger partial charge in [0.2, 0.25) is 0 Å². The summed E-state index contributed by atoms with van der Waals surface area (Å²) in [5, 5.41) is 0. The van der Waals surface area contributed by atoms with Gasteiger partial charge >= 0.3 is 7.12 Å². The molecule has 4 nitrogen and oxygen atoms in total. The summed E-state index contributed by atoms with van der Waals surface area (Å²) in [5.41, 5.74) is 7.07. The lowest BCUT2D eigenvalue weighted by Gasteiger charge is -2.32. The number of hydrogen-bond acceptors (Lipinski definition) is 4. The third kappa shape index (κ3) is 2.47. The number of terminal acetylenes is 1. The highest BCUT2D eigenvalue weighted by Crippen LogP contribution is 2.36. The third-order valence-electron chi connectivity index (χ3n) is 3.80. The highest BCUT2D eigenvalue weighted by molar-refractivity contribution is 6.61. The Labute approximate surface area is 114 Å². The van der Waals surface area contributed by atoms with Crippen LogP contribution in [-0.4, -0.2) is 23.3 Å². The summed E-state index contributed by atoms with van der Waals surface area (Å²) in [5.74, 6) is 2.55. The maximum Gasteiger partial charge on any atom is 0.514 e. The van der Waals surface area contributed by atoms with Crippen molar-refractivity contribution in [2.75, 3.05) is 5.73 Å². The average molecular weight is 258 g/mol. The molecule has 5 heteroatoms. The Bertz CT molecular complexity index is 519. The summed E-state index contributed by atoms with van der Waals surface area (Å²) in [7, 11) is -0.484. The second-order valence-corrected chi connectivity index (χ2v) is 5.74. The Morgan fingerprint density at radius 1 is 1.26 bits per heavy atom. The van der Waals surface area contributed by atoms with Crippen molar-refractivity contribution in [3.8, 4) is 12.3 Å². The number of hydrogen-bond donors (Lipinski definition) is 1.